The van der Waals surface area contributed by atoms with E-state index in [-0.39, 0.29) is 23.0 Å². The van der Waals surface area contributed by atoms with Crippen molar-refractivity contribution in [3.63, 3.8) is 0 Å². The summed E-state index contributed by atoms with van der Waals surface area (Å²) < 4.78 is 26.0. The summed E-state index contributed by atoms with van der Waals surface area (Å²) in [5.41, 5.74) is -0.0277. The van der Waals surface area contributed by atoms with E-state index in [0.29, 0.717) is 11.4 Å². The van der Waals surface area contributed by atoms with E-state index in [1.807, 2.05) is 0 Å². The first-order chi connectivity index (χ1) is 10.9. The van der Waals surface area contributed by atoms with Crippen LogP contribution in [0.3, 0.4) is 0 Å². The summed E-state index contributed by atoms with van der Waals surface area (Å²) in [4.78, 5) is 26.2. The van der Waals surface area contributed by atoms with Gasteiger partial charge in [0.1, 0.15) is 4.21 Å². The van der Waals surface area contributed by atoms with Crippen LogP contribution in [0.2, 0.25) is 0 Å². The van der Waals surface area contributed by atoms with Gasteiger partial charge in [0.15, 0.2) is 5.69 Å². The maximum atomic E-state index is 11.8. The number of nitrogens with zero attached hydrogens (tertiary/aromatic N) is 1. The van der Waals surface area contributed by atoms with Crippen LogP contribution in [0.4, 0.5) is 0 Å². The largest absolute Gasteiger partial charge is 0.476 e. The molecule has 0 fully saturated rings. The number of hydrogen-bond donors (Lipinski definition) is 3. The van der Waals surface area contributed by atoms with Crippen LogP contribution in [0.1, 0.15) is 15.5 Å². The summed E-state index contributed by atoms with van der Waals surface area (Å²) in [6, 6.07) is 3.06. The van der Waals surface area contributed by atoms with Crippen LogP contribution in [0, 0.1) is 0 Å². The van der Waals surface area contributed by atoms with E-state index in [0.717, 1.165) is 11.3 Å². The highest BCUT2D eigenvalue weighted by molar-refractivity contribution is 7.91. The van der Waals surface area contributed by atoms with Gasteiger partial charge in [0.05, 0.1) is 11.6 Å². The number of rotatable bonds is 8. The number of sulfonamides is 1. The lowest BCUT2D eigenvalue weighted by molar-refractivity contribution is -0.119. The average molecular weight is 375 g/mol. The number of thiophene rings is 1. The van der Waals surface area contributed by atoms with Gasteiger partial charge in [-0.15, -0.1) is 22.7 Å². The first-order valence-electron chi connectivity index (χ1n) is 6.36. The second-order valence-corrected chi connectivity index (χ2v) is 8.17. The van der Waals surface area contributed by atoms with Crippen LogP contribution in [0.15, 0.2) is 27.1 Å². The van der Waals surface area contributed by atoms with E-state index in [1.54, 1.807) is 11.4 Å². The van der Waals surface area contributed by atoms with Crippen LogP contribution in [-0.2, 0) is 21.2 Å². The number of aromatic nitrogens is 1. The maximum absolute atomic E-state index is 11.8. The zero-order chi connectivity index (χ0) is 16.9. The monoisotopic (exact) mass is 375 g/mol. The number of aromatic carboxylic acids is 1. The minimum Gasteiger partial charge on any atom is -0.476 e. The van der Waals surface area contributed by atoms with E-state index in [2.05, 4.69) is 15.0 Å². The molecule has 8 nitrogen and oxygen atoms in total. The van der Waals surface area contributed by atoms with Gasteiger partial charge in [-0.25, -0.2) is 22.9 Å². The molecule has 0 radical (unpaired) electrons. The number of carbonyl (C=O) groups is 2. The molecule has 23 heavy (non-hydrogen) atoms. The molecule has 0 unspecified atom stereocenters. The first-order valence-corrected chi connectivity index (χ1v) is 9.60. The van der Waals surface area contributed by atoms with Crippen LogP contribution in [-0.4, -0.2) is 43.5 Å². The molecule has 0 bridgehead atoms. The fraction of sp³-hybridized carbons (Fsp3) is 0.250. The quantitative estimate of drug-likeness (QED) is 0.618. The van der Waals surface area contributed by atoms with Crippen LogP contribution < -0.4 is 10.0 Å². The maximum Gasteiger partial charge on any atom is 0.355 e. The minimum absolute atomic E-state index is 0.0277. The minimum atomic E-state index is -3.66. The molecule has 0 atom stereocenters. The molecule has 0 spiro atoms. The highest BCUT2D eigenvalue weighted by Crippen LogP contribution is 2.14. The van der Waals surface area contributed by atoms with Crippen molar-refractivity contribution in [2.24, 2.45) is 0 Å². The number of carboxylic acids is 1. The number of nitrogens with one attached hydrogen (secondary N) is 2. The standard InChI is InChI=1S/C12H13N3O5S3/c16-9(6-14-23(19,20)11-2-1-5-21-11)13-4-3-10-15-8(7-22-10)12(17)18/h1-2,5,7,14H,3-4,6H2,(H,13,16)(H,17,18). The lowest BCUT2D eigenvalue weighted by atomic mass is 10.4. The zero-order valence-electron chi connectivity index (χ0n) is 11.7. The summed E-state index contributed by atoms with van der Waals surface area (Å²) >= 11 is 2.26. The molecule has 11 heteroatoms. The van der Waals surface area contributed by atoms with Gasteiger partial charge in [-0.05, 0) is 11.4 Å². The lowest BCUT2D eigenvalue weighted by Gasteiger charge is -2.05. The van der Waals surface area contributed by atoms with Gasteiger partial charge in [-0.3, -0.25) is 4.79 Å². The van der Waals surface area contributed by atoms with Crippen molar-refractivity contribution in [3.05, 3.63) is 33.6 Å². The molecular weight excluding hydrogens is 362 g/mol. The van der Waals surface area contributed by atoms with Gasteiger partial charge in [0.25, 0.3) is 10.0 Å². The van der Waals surface area contributed by atoms with E-state index in [4.69, 9.17) is 5.11 Å². The number of carboxylic acid groups (broad SMARTS) is 1. The van der Waals surface area contributed by atoms with Crippen LogP contribution in [0.5, 0.6) is 0 Å². The predicted molar refractivity (Wildman–Crippen MR) is 85.3 cm³/mol. The summed E-state index contributed by atoms with van der Waals surface area (Å²) in [7, 11) is -3.66. The summed E-state index contributed by atoms with van der Waals surface area (Å²) in [6.45, 7) is -0.120. The van der Waals surface area contributed by atoms with Crippen molar-refractivity contribution in [2.45, 2.75) is 10.6 Å². The molecule has 0 aliphatic carbocycles. The Kier molecular flexibility index (Phi) is 5.82. The second kappa shape index (κ2) is 7.64. The molecule has 2 aromatic heterocycles. The molecule has 2 rings (SSSR count). The van der Waals surface area contributed by atoms with Gasteiger partial charge in [-0.2, -0.15) is 0 Å². The lowest BCUT2D eigenvalue weighted by Crippen LogP contribution is -2.37. The molecular formula is C12H13N3O5S3. The van der Waals surface area contributed by atoms with Crippen molar-refractivity contribution in [1.82, 2.24) is 15.0 Å². The number of carbonyl (C=O) groups excluding carboxylic acids is 1. The molecule has 0 aliphatic heterocycles. The fourth-order valence-electron chi connectivity index (χ4n) is 1.54. The molecule has 0 aliphatic rings. The molecule has 0 saturated carbocycles. The molecule has 1 amide bonds. The Morgan fingerprint density at radius 3 is 2.70 bits per heavy atom. The Morgan fingerprint density at radius 1 is 1.30 bits per heavy atom. The van der Waals surface area contributed by atoms with Crippen LogP contribution >= 0.6 is 22.7 Å². The van der Waals surface area contributed by atoms with E-state index in [9.17, 15) is 18.0 Å². The molecule has 2 heterocycles. The summed E-state index contributed by atoms with van der Waals surface area (Å²) in [5.74, 6) is -1.57. The highest BCUT2D eigenvalue weighted by atomic mass is 32.2. The van der Waals surface area contributed by atoms with E-state index >= 15 is 0 Å². The second-order valence-electron chi connectivity index (χ2n) is 4.29. The van der Waals surface area contributed by atoms with Gasteiger partial charge in [0.2, 0.25) is 5.91 Å². The smallest absolute Gasteiger partial charge is 0.355 e. The SMILES string of the molecule is O=C(CNS(=O)(=O)c1cccs1)NCCc1nc(C(=O)O)cs1. The van der Waals surface area contributed by atoms with Gasteiger partial charge in [0, 0.05) is 18.3 Å². The molecule has 0 aromatic carbocycles. The van der Waals surface area contributed by atoms with Gasteiger partial charge >= 0.3 is 5.97 Å². The average Bonchev–Trinajstić information content (AvgIpc) is 3.17. The van der Waals surface area contributed by atoms with E-state index < -0.39 is 21.9 Å². The molecule has 0 saturated heterocycles. The third-order valence-electron chi connectivity index (χ3n) is 2.61. The Labute approximate surface area is 140 Å². The third kappa shape index (κ3) is 5.10. The Bertz CT molecular complexity index is 783. The normalized spacial score (nSPS) is 11.3. The third-order valence-corrected chi connectivity index (χ3v) is 6.32. The Balaban J connectivity index is 1.74. The zero-order valence-corrected chi connectivity index (χ0v) is 14.1. The predicted octanol–water partition coefficient (Wildman–Crippen LogP) is 0.540. The van der Waals surface area contributed by atoms with Crippen molar-refractivity contribution in [2.75, 3.05) is 13.1 Å². The van der Waals surface area contributed by atoms with Gasteiger partial charge in [-0.1, -0.05) is 6.07 Å². The van der Waals surface area contributed by atoms with Crippen molar-refractivity contribution in [3.8, 4) is 0 Å². The topological polar surface area (TPSA) is 125 Å². The molecule has 2 aromatic rings. The van der Waals surface area contributed by atoms with Crippen molar-refractivity contribution < 1.29 is 23.1 Å². The molecule has 3 N–H and O–H groups in total. The van der Waals surface area contributed by atoms with Gasteiger partial charge < -0.3 is 10.4 Å². The van der Waals surface area contributed by atoms with Crippen molar-refractivity contribution >= 4 is 44.6 Å². The number of amides is 1. The summed E-state index contributed by atoms with van der Waals surface area (Å²) in [6.07, 6.45) is 0.376. The number of thiazole rings is 1. The van der Waals surface area contributed by atoms with Crippen LogP contribution in [0.25, 0.3) is 0 Å². The number of hydrogen-bond acceptors (Lipinski definition) is 7. The fourth-order valence-corrected chi connectivity index (χ4v) is 4.34. The first kappa shape index (κ1) is 17.5. The summed E-state index contributed by atoms with van der Waals surface area (Å²) in [5, 5.41) is 14.9. The van der Waals surface area contributed by atoms with Crippen molar-refractivity contribution in [1.29, 1.82) is 0 Å². The van der Waals surface area contributed by atoms with E-state index in [1.165, 1.54) is 22.8 Å². The molecule has 124 valence electrons. The Hall–Kier alpha value is -1.82. The Morgan fingerprint density at radius 2 is 2.09 bits per heavy atom. The highest BCUT2D eigenvalue weighted by Gasteiger charge is 2.16.